The highest BCUT2D eigenvalue weighted by Crippen LogP contribution is 2.30. The van der Waals surface area contributed by atoms with Crippen LogP contribution in [0.1, 0.15) is 0 Å². The van der Waals surface area contributed by atoms with Gasteiger partial charge in [0.1, 0.15) is 5.69 Å². The molecule has 0 aliphatic heterocycles. The topological polar surface area (TPSA) is 43.6 Å². The van der Waals surface area contributed by atoms with Crippen molar-refractivity contribution in [2.24, 2.45) is 7.05 Å². The van der Waals surface area contributed by atoms with Crippen LogP contribution in [-0.2, 0) is 7.05 Å². The number of aromatic nitrogens is 4. The van der Waals surface area contributed by atoms with E-state index in [1.54, 1.807) is 17.5 Å². The van der Waals surface area contributed by atoms with Gasteiger partial charge in [0, 0.05) is 13.2 Å². The van der Waals surface area contributed by atoms with Crippen LogP contribution in [0, 0.1) is 0 Å². The molecule has 6 heteroatoms. The van der Waals surface area contributed by atoms with Crippen molar-refractivity contribution >= 4 is 33.2 Å². The Morgan fingerprint density at radius 2 is 2.25 bits per heavy atom. The molecule has 4 nitrogen and oxygen atoms in total. The lowest BCUT2D eigenvalue weighted by atomic mass is 10.3. The zero-order chi connectivity index (χ0) is 11.1. The zero-order valence-corrected chi connectivity index (χ0v) is 9.96. The number of thiophene rings is 1. The van der Waals surface area contributed by atoms with Crippen LogP contribution < -0.4 is 0 Å². The summed E-state index contributed by atoms with van der Waals surface area (Å²) in [5, 5.41) is 6.72. The standard InChI is InChI=1S/C10H7ClN4S/c1-15-7-3-5-16-9(7)8(14-15)6-2-4-12-10(11)13-6/h2-5H,1H3. The van der Waals surface area contributed by atoms with E-state index >= 15 is 0 Å². The minimum atomic E-state index is 0.243. The van der Waals surface area contributed by atoms with E-state index < -0.39 is 0 Å². The molecule has 3 aromatic heterocycles. The Hall–Kier alpha value is -1.46. The summed E-state index contributed by atoms with van der Waals surface area (Å²) < 4.78 is 2.97. The fourth-order valence-electron chi connectivity index (χ4n) is 1.62. The van der Waals surface area contributed by atoms with E-state index in [0.717, 1.165) is 21.6 Å². The Morgan fingerprint density at radius 1 is 1.38 bits per heavy atom. The first-order valence-corrected chi connectivity index (χ1v) is 5.90. The quantitative estimate of drug-likeness (QED) is 0.624. The fraction of sp³-hybridized carbons (Fsp3) is 0.100. The van der Waals surface area contributed by atoms with E-state index in [4.69, 9.17) is 11.6 Å². The largest absolute Gasteiger partial charge is 0.266 e. The molecule has 0 saturated carbocycles. The lowest BCUT2D eigenvalue weighted by molar-refractivity contribution is 0.799. The highest BCUT2D eigenvalue weighted by atomic mass is 35.5. The van der Waals surface area contributed by atoms with Crippen molar-refractivity contribution in [2.75, 3.05) is 0 Å². The molecule has 0 spiro atoms. The summed E-state index contributed by atoms with van der Waals surface area (Å²) >= 11 is 7.42. The van der Waals surface area contributed by atoms with E-state index in [1.807, 2.05) is 29.2 Å². The van der Waals surface area contributed by atoms with Crippen molar-refractivity contribution in [3.05, 3.63) is 29.0 Å². The van der Waals surface area contributed by atoms with E-state index in [1.165, 1.54) is 0 Å². The molecule has 0 fully saturated rings. The minimum absolute atomic E-state index is 0.243. The summed E-state index contributed by atoms with van der Waals surface area (Å²) in [7, 11) is 1.92. The molecule has 0 bridgehead atoms. The van der Waals surface area contributed by atoms with E-state index in [-0.39, 0.29) is 5.28 Å². The van der Waals surface area contributed by atoms with E-state index in [2.05, 4.69) is 15.1 Å². The summed E-state index contributed by atoms with van der Waals surface area (Å²) in [6.45, 7) is 0. The van der Waals surface area contributed by atoms with E-state index in [0.29, 0.717) is 0 Å². The van der Waals surface area contributed by atoms with Gasteiger partial charge in [-0.1, -0.05) is 0 Å². The smallest absolute Gasteiger partial charge is 0.222 e. The van der Waals surface area contributed by atoms with Gasteiger partial charge in [-0.25, -0.2) is 9.97 Å². The second-order valence-corrected chi connectivity index (χ2v) is 4.57. The lowest BCUT2D eigenvalue weighted by Gasteiger charge is -1.95. The monoisotopic (exact) mass is 250 g/mol. The average Bonchev–Trinajstić information content (AvgIpc) is 2.83. The molecule has 0 aliphatic rings. The maximum atomic E-state index is 5.77. The zero-order valence-electron chi connectivity index (χ0n) is 8.38. The molecule has 0 atom stereocenters. The molecule has 0 amide bonds. The van der Waals surface area contributed by atoms with Crippen LogP contribution >= 0.6 is 22.9 Å². The molecule has 0 N–H and O–H groups in total. The van der Waals surface area contributed by atoms with Gasteiger partial charge in [-0.05, 0) is 29.1 Å². The lowest BCUT2D eigenvalue weighted by Crippen LogP contribution is -1.91. The van der Waals surface area contributed by atoms with Crippen LogP contribution in [0.25, 0.3) is 21.6 Å². The highest BCUT2D eigenvalue weighted by Gasteiger charge is 2.13. The normalized spacial score (nSPS) is 11.1. The summed E-state index contributed by atoms with van der Waals surface area (Å²) in [6, 6.07) is 3.85. The summed E-state index contributed by atoms with van der Waals surface area (Å²) in [4.78, 5) is 8.03. The Balaban J connectivity index is 2.29. The summed E-state index contributed by atoms with van der Waals surface area (Å²) in [5.41, 5.74) is 2.72. The van der Waals surface area contributed by atoms with Crippen molar-refractivity contribution in [1.82, 2.24) is 19.7 Å². The molecule has 0 aromatic carbocycles. The molecule has 3 aromatic rings. The van der Waals surface area contributed by atoms with Crippen molar-refractivity contribution in [3.63, 3.8) is 0 Å². The maximum absolute atomic E-state index is 5.77. The summed E-state index contributed by atoms with van der Waals surface area (Å²) in [5.74, 6) is 0. The Bertz CT molecular complexity index is 658. The van der Waals surface area contributed by atoms with Gasteiger partial charge in [0.2, 0.25) is 5.28 Å². The van der Waals surface area contributed by atoms with Gasteiger partial charge in [-0.2, -0.15) is 5.10 Å². The molecule has 3 rings (SSSR count). The molecule has 0 unspecified atom stereocenters. The Morgan fingerprint density at radius 3 is 3.06 bits per heavy atom. The predicted octanol–water partition coefficient (Wildman–Crippen LogP) is 2.75. The van der Waals surface area contributed by atoms with Gasteiger partial charge in [-0.15, -0.1) is 11.3 Å². The number of fused-ring (bicyclic) bond motifs is 1. The minimum Gasteiger partial charge on any atom is -0.266 e. The van der Waals surface area contributed by atoms with Crippen LogP contribution in [0.2, 0.25) is 5.28 Å². The summed E-state index contributed by atoms with van der Waals surface area (Å²) in [6.07, 6.45) is 1.64. The number of hydrogen-bond acceptors (Lipinski definition) is 4. The van der Waals surface area contributed by atoms with Crippen LogP contribution in [0.5, 0.6) is 0 Å². The van der Waals surface area contributed by atoms with E-state index in [9.17, 15) is 0 Å². The predicted molar refractivity (Wildman–Crippen MR) is 64.6 cm³/mol. The Labute approximate surface area is 101 Å². The van der Waals surface area contributed by atoms with Gasteiger partial charge >= 0.3 is 0 Å². The van der Waals surface area contributed by atoms with Crippen LogP contribution in [0.15, 0.2) is 23.7 Å². The number of hydrogen-bond donors (Lipinski definition) is 0. The van der Waals surface area contributed by atoms with Crippen molar-refractivity contribution in [1.29, 1.82) is 0 Å². The van der Waals surface area contributed by atoms with Crippen molar-refractivity contribution in [3.8, 4) is 11.4 Å². The molecular formula is C10H7ClN4S. The molecule has 0 aliphatic carbocycles. The molecule has 0 radical (unpaired) electrons. The number of nitrogens with zero attached hydrogens (tertiary/aromatic N) is 4. The third-order valence-electron chi connectivity index (χ3n) is 2.33. The molecule has 16 heavy (non-hydrogen) atoms. The fourth-order valence-corrected chi connectivity index (χ4v) is 2.68. The highest BCUT2D eigenvalue weighted by molar-refractivity contribution is 7.17. The number of aryl methyl sites for hydroxylation is 1. The second-order valence-electron chi connectivity index (χ2n) is 3.32. The third kappa shape index (κ3) is 1.40. The third-order valence-corrected chi connectivity index (χ3v) is 3.42. The van der Waals surface area contributed by atoms with Crippen molar-refractivity contribution in [2.45, 2.75) is 0 Å². The van der Waals surface area contributed by atoms with Gasteiger partial charge in [0.15, 0.2) is 0 Å². The second kappa shape index (κ2) is 3.54. The average molecular weight is 251 g/mol. The Kier molecular flexibility index (Phi) is 2.15. The number of halogens is 1. The maximum Gasteiger partial charge on any atom is 0.222 e. The first-order valence-electron chi connectivity index (χ1n) is 4.65. The molecule has 80 valence electrons. The molecular weight excluding hydrogens is 244 g/mol. The van der Waals surface area contributed by atoms with Crippen LogP contribution in [0.4, 0.5) is 0 Å². The number of rotatable bonds is 1. The first kappa shape index (κ1) is 9.74. The van der Waals surface area contributed by atoms with Gasteiger partial charge in [0.25, 0.3) is 0 Å². The van der Waals surface area contributed by atoms with Crippen LogP contribution in [0.3, 0.4) is 0 Å². The van der Waals surface area contributed by atoms with Gasteiger partial charge < -0.3 is 0 Å². The molecule has 0 saturated heterocycles. The first-order chi connectivity index (χ1) is 7.75. The van der Waals surface area contributed by atoms with Gasteiger partial charge in [0.05, 0.1) is 15.9 Å². The SMILES string of the molecule is Cn1nc(-c2ccnc(Cl)n2)c2sccc21. The van der Waals surface area contributed by atoms with Crippen molar-refractivity contribution < 1.29 is 0 Å². The molecule has 3 heterocycles. The van der Waals surface area contributed by atoms with Crippen LogP contribution in [-0.4, -0.2) is 19.7 Å². The van der Waals surface area contributed by atoms with Gasteiger partial charge in [-0.3, -0.25) is 4.68 Å².